The van der Waals surface area contributed by atoms with Gasteiger partial charge in [-0.25, -0.2) is 4.79 Å². The zero-order valence-electron chi connectivity index (χ0n) is 13.6. The van der Waals surface area contributed by atoms with Gasteiger partial charge < -0.3 is 15.0 Å². The van der Waals surface area contributed by atoms with Crippen molar-refractivity contribution in [2.75, 3.05) is 11.9 Å². The van der Waals surface area contributed by atoms with Crippen LogP contribution >= 0.6 is 15.9 Å². The van der Waals surface area contributed by atoms with Crippen molar-refractivity contribution in [1.82, 2.24) is 4.98 Å². The molecule has 0 unspecified atom stereocenters. The fraction of sp³-hybridized carbons (Fsp3) is 0.111. The number of esters is 1. The Kier molecular flexibility index (Phi) is 5.22. The lowest BCUT2D eigenvalue weighted by molar-refractivity contribution is -0.137. The highest BCUT2D eigenvalue weighted by Crippen LogP contribution is 2.31. The fourth-order valence-electron chi connectivity index (χ4n) is 2.42. The number of alkyl halides is 3. The van der Waals surface area contributed by atoms with Gasteiger partial charge in [-0.1, -0.05) is 24.3 Å². The second-order valence-corrected chi connectivity index (χ2v) is 6.36. The normalized spacial score (nSPS) is 11.4. The summed E-state index contributed by atoms with van der Waals surface area (Å²) in [5.74, 6) is -1.52. The van der Waals surface area contributed by atoms with E-state index in [1.54, 1.807) is 24.3 Å². The number of carbonyl (C=O) groups is 2. The minimum Gasteiger partial charge on any atom is -0.451 e. The number of aromatic nitrogens is 1. The number of H-pyrrole nitrogens is 1. The van der Waals surface area contributed by atoms with Gasteiger partial charge >= 0.3 is 12.1 Å². The summed E-state index contributed by atoms with van der Waals surface area (Å²) in [6, 6.07) is 11.3. The Morgan fingerprint density at radius 2 is 1.85 bits per heavy atom. The summed E-state index contributed by atoms with van der Waals surface area (Å²) in [4.78, 5) is 26.9. The zero-order valence-corrected chi connectivity index (χ0v) is 15.1. The molecule has 1 aromatic heterocycles. The molecule has 0 fully saturated rings. The maximum absolute atomic E-state index is 12.7. The monoisotopic (exact) mass is 440 g/mol. The first-order valence-corrected chi connectivity index (χ1v) is 8.45. The van der Waals surface area contributed by atoms with E-state index >= 15 is 0 Å². The number of carbonyl (C=O) groups excluding carboxylic acids is 2. The first-order chi connectivity index (χ1) is 12.8. The molecule has 0 bridgehead atoms. The van der Waals surface area contributed by atoms with E-state index in [9.17, 15) is 22.8 Å². The van der Waals surface area contributed by atoms with E-state index in [1.807, 2.05) is 0 Å². The molecular formula is C18H12BrF3N2O3. The number of aromatic amines is 1. The number of benzene rings is 2. The summed E-state index contributed by atoms with van der Waals surface area (Å²) in [6.07, 6.45) is -4.52. The topological polar surface area (TPSA) is 71.2 Å². The minimum atomic E-state index is -4.52. The lowest BCUT2D eigenvalue weighted by Gasteiger charge is -2.10. The van der Waals surface area contributed by atoms with E-state index in [-0.39, 0.29) is 11.4 Å². The number of hydrogen-bond donors (Lipinski definition) is 2. The quantitative estimate of drug-likeness (QED) is 0.575. The Balaban J connectivity index is 1.63. The lowest BCUT2D eigenvalue weighted by Crippen LogP contribution is -2.21. The van der Waals surface area contributed by atoms with Gasteiger partial charge in [-0.2, -0.15) is 13.2 Å². The molecule has 9 heteroatoms. The molecule has 3 rings (SSSR count). The average molecular weight is 441 g/mol. The van der Waals surface area contributed by atoms with Crippen molar-refractivity contribution in [3.8, 4) is 0 Å². The van der Waals surface area contributed by atoms with E-state index in [2.05, 4.69) is 26.2 Å². The maximum atomic E-state index is 12.7. The van der Waals surface area contributed by atoms with Crippen molar-refractivity contribution in [2.45, 2.75) is 6.18 Å². The molecule has 140 valence electrons. The highest BCUT2D eigenvalue weighted by atomic mass is 79.9. The predicted molar refractivity (Wildman–Crippen MR) is 96.4 cm³/mol. The number of ether oxygens (including phenoxy) is 1. The third kappa shape index (κ3) is 4.30. The number of nitrogens with one attached hydrogen (secondary N) is 2. The summed E-state index contributed by atoms with van der Waals surface area (Å²) < 4.78 is 43.5. The summed E-state index contributed by atoms with van der Waals surface area (Å²) in [5.41, 5.74) is -0.0789. The Bertz CT molecular complexity index is 1010. The SMILES string of the molecule is O=C(COC(=O)c1[nH]c2ccccc2c1Br)Nc1cccc(C(F)(F)F)c1. The summed E-state index contributed by atoms with van der Waals surface area (Å²) >= 11 is 3.30. The highest BCUT2D eigenvalue weighted by Gasteiger charge is 2.30. The van der Waals surface area contributed by atoms with E-state index in [1.165, 1.54) is 12.1 Å². The van der Waals surface area contributed by atoms with Crippen LogP contribution in [0.2, 0.25) is 0 Å². The molecule has 0 spiro atoms. The van der Waals surface area contributed by atoms with Gasteiger partial charge in [0, 0.05) is 16.6 Å². The van der Waals surface area contributed by atoms with Crippen LogP contribution in [-0.4, -0.2) is 23.5 Å². The lowest BCUT2D eigenvalue weighted by atomic mass is 10.2. The van der Waals surface area contributed by atoms with Crippen LogP contribution in [0.25, 0.3) is 10.9 Å². The van der Waals surface area contributed by atoms with E-state index in [4.69, 9.17) is 4.74 Å². The smallest absolute Gasteiger partial charge is 0.416 e. The highest BCUT2D eigenvalue weighted by molar-refractivity contribution is 9.10. The number of hydrogen-bond acceptors (Lipinski definition) is 3. The van der Waals surface area contributed by atoms with Gasteiger partial charge in [0.05, 0.1) is 10.0 Å². The first kappa shape index (κ1) is 19.0. The molecule has 2 N–H and O–H groups in total. The van der Waals surface area contributed by atoms with Crippen LogP contribution < -0.4 is 5.32 Å². The first-order valence-electron chi connectivity index (χ1n) is 7.66. The standard InChI is InChI=1S/C18H12BrF3N2O3/c19-15-12-6-1-2-7-13(12)24-16(15)17(26)27-9-14(25)23-11-5-3-4-10(8-11)18(20,21)22/h1-8,24H,9H2,(H,23,25). The van der Waals surface area contributed by atoms with Gasteiger partial charge in [-0.15, -0.1) is 0 Å². The average Bonchev–Trinajstić information content (AvgIpc) is 2.96. The number of rotatable bonds is 4. The van der Waals surface area contributed by atoms with E-state index in [0.717, 1.165) is 17.5 Å². The van der Waals surface area contributed by atoms with Gasteiger partial charge in [0.15, 0.2) is 6.61 Å². The van der Waals surface area contributed by atoms with Crippen LogP contribution in [0.5, 0.6) is 0 Å². The van der Waals surface area contributed by atoms with Crippen molar-refractivity contribution in [3.05, 3.63) is 64.3 Å². The van der Waals surface area contributed by atoms with Crippen LogP contribution in [0.4, 0.5) is 18.9 Å². The molecular weight excluding hydrogens is 429 g/mol. The molecule has 3 aromatic rings. The number of fused-ring (bicyclic) bond motifs is 1. The second-order valence-electron chi connectivity index (χ2n) is 5.56. The van der Waals surface area contributed by atoms with E-state index < -0.39 is 30.2 Å². The summed E-state index contributed by atoms with van der Waals surface area (Å²) in [6.45, 7) is -0.642. The Morgan fingerprint density at radius 1 is 1.11 bits per heavy atom. The number of halogens is 4. The van der Waals surface area contributed by atoms with Crippen molar-refractivity contribution < 1.29 is 27.5 Å². The largest absolute Gasteiger partial charge is 0.451 e. The molecule has 2 aromatic carbocycles. The molecule has 0 aliphatic rings. The Hall–Kier alpha value is -2.81. The molecule has 1 amide bonds. The van der Waals surface area contributed by atoms with Gasteiger partial charge in [-0.3, -0.25) is 4.79 Å². The van der Waals surface area contributed by atoms with Crippen LogP contribution in [0.1, 0.15) is 16.1 Å². The molecule has 0 radical (unpaired) electrons. The van der Waals surface area contributed by atoms with Crippen LogP contribution in [0.15, 0.2) is 53.0 Å². The predicted octanol–water partition coefficient (Wildman–Crippen LogP) is 4.74. The van der Waals surface area contributed by atoms with Crippen LogP contribution in [-0.2, 0) is 15.7 Å². The van der Waals surface area contributed by atoms with Crippen molar-refractivity contribution >= 4 is 44.4 Å². The molecule has 1 heterocycles. The summed E-state index contributed by atoms with van der Waals surface area (Å²) in [5, 5.41) is 3.04. The van der Waals surface area contributed by atoms with Crippen molar-refractivity contribution in [1.29, 1.82) is 0 Å². The number of amides is 1. The summed E-state index contributed by atoms with van der Waals surface area (Å²) in [7, 11) is 0. The molecule has 27 heavy (non-hydrogen) atoms. The molecule has 5 nitrogen and oxygen atoms in total. The number of anilines is 1. The van der Waals surface area contributed by atoms with Crippen LogP contribution in [0, 0.1) is 0 Å². The van der Waals surface area contributed by atoms with E-state index in [0.29, 0.717) is 9.99 Å². The maximum Gasteiger partial charge on any atom is 0.416 e. The van der Waals surface area contributed by atoms with Gasteiger partial charge in [0.25, 0.3) is 5.91 Å². The second kappa shape index (κ2) is 7.43. The Morgan fingerprint density at radius 3 is 2.56 bits per heavy atom. The van der Waals surface area contributed by atoms with Gasteiger partial charge in [0.2, 0.25) is 0 Å². The Labute approximate surface area is 159 Å². The van der Waals surface area contributed by atoms with Crippen molar-refractivity contribution in [3.63, 3.8) is 0 Å². The van der Waals surface area contributed by atoms with Crippen molar-refractivity contribution in [2.24, 2.45) is 0 Å². The molecule has 0 atom stereocenters. The fourth-order valence-corrected chi connectivity index (χ4v) is 3.03. The third-order valence-corrected chi connectivity index (χ3v) is 4.48. The zero-order chi connectivity index (χ0) is 19.6. The van der Waals surface area contributed by atoms with Gasteiger partial charge in [-0.05, 0) is 40.2 Å². The molecule has 0 saturated carbocycles. The third-order valence-electron chi connectivity index (χ3n) is 3.65. The molecule has 0 saturated heterocycles. The molecule has 0 aliphatic heterocycles. The van der Waals surface area contributed by atoms with Crippen LogP contribution in [0.3, 0.4) is 0 Å². The molecule has 0 aliphatic carbocycles. The van der Waals surface area contributed by atoms with Gasteiger partial charge in [0.1, 0.15) is 5.69 Å². The minimum absolute atomic E-state index is 0.0438. The number of para-hydroxylation sites is 1.